The second-order valence-electron chi connectivity index (χ2n) is 7.27. The zero-order valence-electron chi connectivity index (χ0n) is 16.1. The first-order valence-corrected chi connectivity index (χ1v) is 11.3. The molecule has 0 aliphatic carbocycles. The number of anilines is 1. The van der Waals surface area contributed by atoms with E-state index in [9.17, 15) is 0 Å². The van der Waals surface area contributed by atoms with Gasteiger partial charge in [0.25, 0.3) is 0 Å². The predicted octanol–water partition coefficient (Wildman–Crippen LogP) is 5.05. The van der Waals surface area contributed by atoms with Crippen LogP contribution in [0, 0.1) is 6.92 Å². The summed E-state index contributed by atoms with van der Waals surface area (Å²) >= 11 is 3.46. The molecular formula is C20H25N5S2. The van der Waals surface area contributed by atoms with E-state index in [0.717, 1.165) is 41.3 Å². The van der Waals surface area contributed by atoms with E-state index in [2.05, 4.69) is 70.1 Å². The number of aromatic nitrogens is 4. The monoisotopic (exact) mass is 399 g/mol. The van der Waals surface area contributed by atoms with Gasteiger partial charge < -0.3 is 4.90 Å². The van der Waals surface area contributed by atoms with Gasteiger partial charge in [0.2, 0.25) is 5.95 Å². The Morgan fingerprint density at radius 1 is 1.11 bits per heavy atom. The van der Waals surface area contributed by atoms with Gasteiger partial charge in [-0.2, -0.15) is 0 Å². The minimum absolute atomic E-state index is 0.478. The van der Waals surface area contributed by atoms with E-state index in [-0.39, 0.29) is 0 Å². The Hall–Kier alpha value is -1.86. The van der Waals surface area contributed by atoms with Crippen molar-refractivity contribution in [3.63, 3.8) is 0 Å². The standard InChI is InChI=1S/C20H25N5S2/c1-14(2)18-21-16(12-26-18)13-27-20-23-22-19(24-10-4-5-11-24)25(20)17-8-6-15(3)7-9-17/h6-9,12,14H,4-5,10-11,13H2,1-3H3. The highest BCUT2D eigenvalue weighted by Crippen LogP contribution is 2.31. The van der Waals surface area contributed by atoms with Gasteiger partial charge in [-0.05, 0) is 31.9 Å². The number of benzene rings is 1. The van der Waals surface area contributed by atoms with Gasteiger partial charge in [0.05, 0.1) is 16.4 Å². The van der Waals surface area contributed by atoms with Gasteiger partial charge >= 0.3 is 0 Å². The van der Waals surface area contributed by atoms with Crippen molar-refractivity contribution in [3.05, 3.63) is 45.9 Å². The van der Waals surface area contributed by atoms with Crippen molar-refractivity contribution in [1.29, 1.82) is 0 Å². The fraction of sp³-hybridized carbons (Fsp3) is 0.450. The Bertz CT molecular complexity index is 891. The Kier molecular flexibility index (Phi) is 5.50. The van der Waals surface area contributed by atoms with E-state index >= 15 is 0 Å². The molecule has 2 aromatic heterocycles. The van der Waals surface area contributed by atoms with Gasteiger partial charge in [0.15, 0.2) is 5.16 Å². The Balaban J connectivity index is 1.62. The third kappa shape index (κ3) is 4.04. The predicted molar refractivity (Wildman–Crippen MR) is 113 cm³/mol. The summed E-state index contributed by atoms with van der Waals surface area (Å²) in [6.07, 6.45) is 2.44. The fourth-order valence-corrected chi connectivity index (χ4v) is 4.97. The normalized spacial score (nSPS) is 14.4. The molecular weight excluding hydrogens is 374 g/mol. The smallest absolute Gasteiger partial charge is 0.232 e. The lowest BCUT2D eigenvalue weighted by molar-refractivity contribution is 0.838. The lowest BCUT2D eigenvalue weighted by atomic mass is 10.2. The van der Waals surface area contributed by atoms with E-state index in [1.54, 1.807) is 23.1 Å². The highest BCUT2D eigenvalue weighted by molar-refractivity contribution is 7.98. The van der Waals surface area contributed by atoms with E-state index in [1.807, 2.05) is 0 Å². The molecule has 142 valence electrons. The van der Waals surface area contributed by atoms with Crippen LogP contribution in [0.1, 0.15) is 48.9 Å². The van der Waals surface area contributed by atoms with Crippen LogP contribution in [0.15, 0.2) is 34.8 Å². The summed E-state index contributed by atoms with van der Waals surface area (Å²) in [5, 5.41) is 13.4. The van der Waals surface area contributed by atoms with Crippen LogP contribution in [0.4, 0.5) is 5.95 Å². The summed E-state index contributed by atoms with van der Waals surface area (Å²) in [5.74, 6) is 2.25. The topological polar surface area (TPSA) is 46.8 Å². The molecule has 1 aliphatic heterocycles. The van der Waals surface area contributed by atoms with E-state index in [4.69, 9.17) is 4.98 Å². The van der Waals surface area contributed by atoms with Gasteiger partial charge in [0, 0.05) is 30.1 Å². The molecule has 0 amide bonds. The van der Waals surface area contributed by atoms with Gasteiger partial charge in [-0.1, -0.05) is 43.3 Å². The van der Waals surface area contributed by atoms with Gasteiger partial charge in [-0.3, -0.25) is 4.57 Å². The number of rotatable bonds is 6. The minimum atomic E-state index is 0.478. The van der Waals surface area contributed by atoms with Gasteiger partial charge in [-0.25, -0.2) is 4.98 Å². The van der Waals surface area contributed by atoms with Crippen LogP contribution in [-0.2, 0) is 5.75 Å². The van der Waals surface area contributed by atoms with Crippen LogP contribution in [-0.4, -0.2) is 32.8 Å². The second-order valence-corrected chi connectivity index (χ2v) is 9.10. The van der Waals surface area contributed by atoms with Crippen molar-refractivity contribution in [3.8, 4) is 5.69 Å². The summed E-state index contributed by atoms with van der Waals surface area (Å²) in [6.45, 7) is 8.59. The highest BCUT2D eigenvalue weighted by atomic mass is 32.2. The third-order valence-corrected chi connectivity index (χ3v) is 6.87. The zero-order valence-corrected chi connectivity index (χ0v) is 17.7. The average molecular weight is 400 g/mol. The lowest BCUT2D eigenvalue weighted by Crippen LogP contribution is -2.22. The molecule has 4 rings (SSSR count). The first-order valence-electron chi connectivity index (χ1n) is 9.46. The number of hydrogen-bond donors (Lipinski definition) is 0. The van der Waals surface area contributed by atoms with Crippen LogP contribution >= 0.6 is 23.1 Å². The van der Waals surface area contributed by atoms with Crippen LogP contribution in [0.3, 0.4) is 0 Å². The Labute approximate surface area is 168 Å². The number of thiazole rings is 1. The molecule has 3 heterocycles. The summed E-state index contributed by atoms with van der Waals surface area (Å²) < 4.78 is 2.20. The maximum atomic E-state index is 4.75. The Morgan fingerprint density at radius 2 is 1.85 bits per heavy atom. The van der Waals surface area contributed by atoms with Crippen molar-refractivity contribution in [2.45, 2.75) is 50.4 Å². The number of thioether (sulfide) groups is 1. The molecule has 0 N–H and O–H groups in total. The summed E-state index contributed by atoms with van der Waals surface area (Å²) in [4.78, 5) is 7.10. The molecule has 0 spiro atoms. The van der Waals surface area contributed by atoms with Crippen molar-refractivity contribution >= 4 is 29.0 Å². The third-order valence-electron chi connectivity index (χ3n) is 4.71. The van der Waals surface area contributed by atoms with E-state index < -0.39 is 0 Å². The molecule has 27 heavy (non-hydrogen) atoms. The van der Waals surface area contributed by atoms with Crippen LogP contribution < -0.4 is 4.90 Å². The quantitative estimate of drug-likeness (QED) is 0.543. The molecule has 1 aromatic carbocycles. The van der Waals surface area contributed by atoms with Crippen molar-refractivity contribution in [2.75, 3.05) is 18.0 Å². The van der Waals surface area contributed by atoms with Gasteiger partial charge in [-0.15, -0.1) is 21.5 Å². The Morgan fingerprint density at radius 3 is 2.52 bits per heavy atom. The highest BCUT2D eigenvalue weighted by Gasteiger charge is 2.22. The minimum Gasteiger partial charge on any atom is -0.341 e. The molecule has 0 saturated carbocycles. The molecule has 5 nitrogen and oxygen atoms in total. The molecule has 1 aliphatic rings. The van der Waals surface area contributed by atoms with Crippen molar-refractivity contribution in [1.82, 2.24) is 19.7 Å². The maximum Gasteiger partial charge on any atom is 0.232 e. The molecule has 1 fully saturated rings. The molecule has 3 aromatic rings. The molecule has 7 heteroatoms. The summed E-state index contributed by atoms with van der Waals surface area (Å²) in [7, 11) is 0. The van der Waals surface area contributed by atoms with Crippen LogP contribution in [0.2, 0.25) is 0 Å². The second kappa shape index (κ2) is 8.02. The van der Waals surface area contributed by atoms with Crippen LogP contribution in [0.5, 0.6) is 0 Å². The molecule has 0 unspecified atom stereocenters. The molecule has 0 radical (unpaired) electrons. The average Bonchev–Trinajstić information content (AvgIpc) is 3.40. The maximum absolute atomic E-state index is 4.75. The van der Waals surface area contributed by atoms with Crippen molar-refractivity contribution < 1.29 is 0 Å². The lowest BCUT2D eigenvalue weighted by Gasteiger charge is -2.18. The van der Waals surface area contributed by atoms with Crippen LogP contribution in [0.25, 0.3) is 5.69 Å². The van der Waals surface area contributed by atoms with E-state index in [1.165, 1.54) is 23.4 Å². The molecule has 1 saturated heterocycles. The molecule has 0 bridgehead atoms. The fourth-order valence-electron chi connectivity index (χ4n) is 3.19. The first-order chi connectivity index (χ1) is 13.1. The number of aryl methyl sites for hydroxylation is 1. The summed E-state index contributed by atoms with van der Waals surface area (Å²) in [5.41, 5.74) is 3.50. The molecule has 0 atom stereocenters. The SMILES string of the molecule is Cc1ccc(-n2c(SCc3csc(C(C)C)n3)nnc2N2CCCC2)cc1. The number of hydrogen-bond acceptors (Lipinski definition) is 6. The largest absolute Gasteiger partial charge is 0.341 e. The first kappa shape index (κ1) is 18.5. The summed E-state index contributed by atoms with van der Waals surface area (Å²) in [6, 6.07) is 8.60. The zero-order chi connectivity index (χ0) is 18.8. The van der Waals surface area contributed by atoms with Crippen molar-refractivity contribution in [2.24, 2.45) is 0 Å². The number of nitrogens with zero attached hydrogens (tertiary/aromatic N) is 5. The van der Waals surface area contributed by atoms with Gasteiger partial charge in [0.1, 0.15) is 0 Å². The van der Waals surface area contributed by atoms with E-state index in [0.29, 0.717) is 5.92 Å².